The van der Waals surface area contributed by atoms with Crippen LogP contribution in [-0.4, -0.2) is 61.6 Å². The number of unbranched alkanes of at least 4 members (excludes halogenated alkanes) is 13. The molecule has 3 amide bonds. The number of ether oxygens (including phenoxy) is 1. The molecule has 8 atom stereocenters. The van der Waals surface area contributed by atoms with Gasteiger partial charge in [0.05, 0.1) is 0 Å². The van der Waals surface area contributed by atoms with Gasteiger partial charge in [0.25, 0.3) is 0 Å². The van der Waals surface area contributed by atoms with Gasteiger partial charge in [0.2, 0.25) is 11.8 Å². The van der Waals surface area contributed by atoms with Gasteiger partial charge in [0.15, 0.2) is 0 Å². The molecule has 0 heterocycles. The molecule has 0 aromatic heterocycles. The Morgan fingerprint density at radius 2 is 1.41 bits per heavy atom. The molecule has 4 rings (SSSR count). The Morgan fingerprint density at radius 3 is 2.08 bits per heavy atom. The lowest BCUT2D eigenvalue weighted by Gasteiger charge is -2.58. The fourth-order valence-corrected chi connectivity index (χ4v) is 12.8. The molecule has 3 fully saturated rings. The smallest absolute Gasteiger partial charge is 0.410 e. The SMILES string of the molecule is CCCCCCCCCCCCCCCC(=O)NCCCN(CC(=O)NCCCCN)C(=O)O[C@H]1CC[C@@]2(C)C(=CC[C@H]3[C@@H]4CC[C@H]([C@H](C)CCCC(C)C)[C@@]4(C)CC[C@@H]32)C1. The predicted octanol–water partition coefficient (Wildman–Crippen LogP) is 12.7. The van der Waals surface area contributed by atoms with Crippen molar-refractivity contribution in [1.82, 2.24) is 15.5 Å². The molecule has 8 nitrogen and oxygen atoms in total. The van der Waals surface area contributed by atoms with Gasteiger partial charge in [0.1, 0.15) is 12.6 Å². The zero-order valence-corrected chi connectivity index (χ0v) is 40.6. The molecule has 8 heteroatoms. The number of carbonyl (C=O) groups excluding carboxylic acids is 3. The number of nitrogens with zero attached hydrogens (tertiary/aromatic N) is 1. The second-order valence-electron chi connectivity index (χ2n) is 21.5. The van der Waals surface area contributed by atoms with E-state index in [9.17, 15) is 14.4 Å². The van der Waals surface area contributed by atoms with Gasteiger partial charge in [-0.1, -0.05) is 150 Å². The first-order chi connectivity index (χ1) is 29.4. The Morgan fingerprint density at radius 1 is 0.754 bits per heavy atom. The molecule has 4 aliphatic rings. The summed E-state index contributed by atoms with van der Waals surface area (Å²) in [5.41, 5.74) is 7.81. The van der Waals surface area contributed by atoms with Crippen molar-refractivity contribution in [3.63, 3.8) is 0 Å². The fourth-order valence-electron chi connectivity index (χ4n) is 12.8. The molecule has 4 N–H and O–H groups in total. The lowest BCUT2D eigenvalue weighted by atomic mass is 9.47. The van der Waals surface area contributed by atoms with Crippen LogP contribution in [0, 0.1) is 46.3 Å². The van der Waals surface area contributed by atoms with E-state index in [1.807, 2.05) is 0 Å². The van der Waals surface area contributed by atoms with Crippen LogP contribution >= 0.6 is 0 Å². The molecule has 0 radical (unpaired) electrons. The summed E-state index contributed by atoms with van der Waals surface area (Å²) >= 11 is 0. The molecule has 0 saturated heterocycles. The summed E-state index contributed by atoms with van der Waals surface area (Å²) in [6.45, 7) is 16.7. The number of allylic oxidation sites excluding steroid dienone is 1. The minimum Gasteiger partial charge on any atom is -0.446 e. The molecule has 4 aliphatic carbocycles. The molecule has 352 valence electrons. The van der Waals surface area contributed by atoms with Gasteiger partial charge < -0.3 is 21.1 Å². The predicted molar refractivity (Wildman–Crippen MR) is 254 cm³/mol. The van der Waals surface area contributed by atoms with Crippen LogP contribution in [0.5, 0.6) is 0 Å². The van der Waals surface area contributed by atoms with Crippen molar-refractivity contribution in [1.29, 1.82) is 0 Å². The minimum atomic E-state index is -0.411. The summed E-state index contributed by atoms with van der Waals surface area (Å²) in [7, 11) is 0. The Hall–Kier alpha value is -2.09. The summed E-state index contributed by atoms with van der Waals surface area (Å²) in [4.78, 5) is 41.0. The van der Waals surface area contributed by atoms with Crippen molar-refractivity contribution in [3.05, 3.63) is 11.6 Å². The molecular formula is C53H96N4O4. The van der Waals surface area contributed by atoms with Gasteiger partial charge in [-0.15, -0.1) is 0 Å². The second-order valence-corrected chi connectivity index (χ2v) is 21.5. The number of carbonyl (C=O) groups is 3. The van der Waals surface area contributed by atoms with Gasteiger partial charge in [-0.25, -0.2) is 4.79 Å². The van der Waals surface area contributed by atoms with E-state index in [1.54, 1.807) is 4.90 Å². The van der Waals surface area contributed by atoms with Crippen molar-refractivity contribution >= 4 is 17.9 Å². The summed E-state index contributed by atoms with van der Waals surface area (Å²) in [6, 6.07) is 0. The highest BCUT2D eigenvalue weighted by atomic mass is 16.6. The van der Waals surface area contributed by atoms with Crippen molar-refractivity contribution < 1.29 is 19.1 Å². The van der Waals surface area contributed by atoms with Crippen molar-refractivity contribution in [3.8, 4) is 0 Å². The van der Waals surface area contributed by atoms with Crippen LogP contribution in [0.2, 0.25) is 0 Å². The zero-order valence-electron chi connectivity index (χ0n) is 40.6. The lowest BCUT2D eigenvalue weighted by Crippen LogP contribution is -2.51. The molecule has 0 aromatic carbocycles. The van der Waals surface area contributed by atoms with Gasteiger partial charge in [-0.2, -0.15) is 0 Å². The van der Waals surface area contributed by atoms with E-state index in [0.29, 0.717) is 44.4 Å². The first kappa shape index (κ1) is 51.5. The van der Waals surface area contributed by atoms with E-state index in [2.05, 4.69) is 58.3 Å². The van der Waals surface area contributed by atoms with Gasteiger partial charge >= 0.3 is 6.09 Å². The fraction of sp³-hybridized carbons (Fsp3) is 0.906. The standard InChI is InChI=1S/C53H96N4O4/c1-7-8-9-10-11-12-13-14-15-16-17-18-19-26-49(58)55-37-23-38-57(40-50(59)56-36-21-20-35-54)51(60)61-44-31-33-52(5)43(39-44)27-28-45-47-30-29-46(42(4)25-22-24-41(2)3)53(47,6)34-32-48(45)52/h27,41-42,44-48H,7-26,28-40,54H2,1-6H3,(H,55,58)(H,56,59)/t42-,44+,45+,46-,47+,48+,52+,53-/m1/s1. The third-order valence-corrected chi connectivity index (χ3v) is 16.5. The number of rotatable bonds is 30. The van der Waals surface area contributed by atoms with E-state index in [1.165, 1.54) is 128 Å². The largest absolute Gasteiger partial charge is 0.446 e. The van der Waals surface area contributed by atoms with Gasteiger partial charge in [0, 0.05) is 32.5 Å². The monoisotopic (exact) mass is 853 g/mol. The van der Waals surface area contributed by atoms with Crippen LogP contribution in [0.4, 0.5) is 4.79 Å². The van der Waals surface area contributed by atoms with Crippen molar-refractivity contribution in [2.45, 2.75) is 227 Å². The molecule has 61 heavy (non-hydrogen) atoms. The zero-order chi connectivity index (χ0) is 44.1. The highest BCUT2D eigenvalue weighted by molar-refractivity contribution is 5.82. The summed E-state index contributed by atoms with van der Waals surface area (Å²) in [5.74, 6) is 4.69. The van der Waals surface area contributed by atoms with Crippen LogP contribution in [-0.2, 0) is 14.3 Å². The maximum absolute atomic E-state index is 13.8. The Balaban J connectivity index is 1.21. The molecule has 0 unspecified atom stereocenters. The molecular weight excluding hydrogens is 757 g/mol. The topological polar surface area (TPSA) is 114 Å². The van der Waals surface area contributed by atoms with Crippen LogP contribution in [0.3, 0.4) is 0 Å². The average Bonchev–Trinajstić information content (AvgIpc) is 3.59. The third kappa shape index (κ3) is 16.1. The Labute approximate surface area is 375 Å². The molecule has 0 spiro atoms. The Bertz CT molecular complexity index is 1320. The van der Waals surface area contributed by atoms with Crippen LogP contribution in [0.15, 0.2) is 11.6 Å². The number of fused-ring (bicyclic) bond motifs is 5. The maximum atomic E-state index is 13.8. The number of amides is 3. The minimum absolute atomic E-state index is 0.0389. The van der Waals surface area contributed by atoms with Crippen molar-refractivity contribution in [2.75, 3.05) is 32.7 Å². The van der Waals surface area contributed by atoms with E-state index < -0.39 is 6.09 Å². The molecule has 0 aliphatic heterocycles. The third-order valence-electron chi connectivity index (χ3n) is 16.5. The highest BCUT2D eigenvalue weighted by Gasteiger charge is 2.59. The van der Waals surface area contributed by atoms with E-state index in [-0.39, 0.29) is 29.9 Å². The maximum Gasteiger partial charge on any atom is 0.410 e. The van der Waals surface area contributed by atoms with E-state index >= 15 is 0 Å². The van der Waals surface area contributed by atoms with Crippen LogP contribution < -0.4 is 16.4 Å². The normalized spacial score (nSPS) is 27.4. The first-order valence-corrected chi connectivity index (χ1v) is 26.3. The summed E-state index contributed by atoms with van der Waals surface area (Å²) in [6.07, 6.45) is 35.0. The Kier molecular flexibility index (Phi) is 23.1. The quantitative estimate of drug-likeness (QED) is 0.0492. The summed E-state index contributed by atoms with van der Waals surface area (Å²) in [5, 5.41) is 6.02. The summed E-state index contributed by atoms with van der Waals surface area (Å²) < 4.78 is 6.27. The highest BCUT2D eigenvalue weighted by Crippen LogP contribution is 2.67. The molecule has 0 aromatic rings. The number of nitrogens with two attached hydrogens (primary N) is 1. The van der Waals surface area contributed by atoms with Gasteiger partial charge in [-0.3, -0.25) is 14.5 Å². The van der Waals surface area contributed by atoms with E-state index in [4.69, 9.17) is 10.5 Å². The molecule has 0 bridgehead atoms. The molecule has 3 saturated carbocycles. The average molecular weight is 853 g/mol. The van der Waals surface area contributed by atoms with E-state index in [0.717, 1.165) is 80.5 Å². The number of hydrogen-bond donors (Lipinski definition) is 3. The van der Waals surface area contributed by atoms with Gasteiger partial charge in [-0.05, 0) is 124 Å². The van der Waals surface area contributed by atoms with Crippen LogP contribution in [0.1, 0.15) is 221 Å². The second kappa shape index (κ2) is 27.3. The first-order valence-electron chi connectivity index (χ1n) is 26.3. The lowest BCUT2D eigenvalue weighted by molar-refractivity contribution is -0.123. The van der Waals surface area contributed by atoms with Crippen molar-refractivity contribution in [2.24, 2.45) is 52.1 Å². The number of nitrogens with one attached hydrogen (secondary N) is 2. The van der Waals surface area contributed by atoms with Crippen LogP contribution in [0.25, 0.3) is 0 Å². The number of hydrogen-bond acceptors (Lipinski definition) is 5.